The predicted molar refractivity (Wildman–Crippen MR) is 71.9 cm³/mol. The molecule has 2 rings (SSSR count). The zero-order chi connectivity index (χ0) is 16.1. The van der Waals surface area contributed by atoms with Crippen LogP contribution < -0.4 is 5.46 Å². The van der Waals surface area contributed by atoms with Crippen LogP contribution in [0, 0.1) is 11.3 Å². The van der Waals surface area contributed by atoms with E-state index in [1.165, 1.54) is 12.1 Å². The number of alkyl halides is 3. The molecular formula is C14H15BF3NO2. The highest BCUT2D eigenvalue weighted by Crippen LogP contribution is 2.38. The van der Waals surface area contributed by atoms with Crippen LogP contribution >= 0.6 is 0 Å². The predicted octanol–water partition coefficient (Wildman–Crippen LogP) is 2.88. The summed E-state index contributed by atoms with van der Waals surface area (Å²) in [6.45, 7) is 6.98. The summed E-state index contributed by atoms with van der Waals surface area (Å²) < 4.78 is 50.9. The van der Waals surface area contributed by atoms with Crippen LogP contribution in [0.15, 0.2) is 18.2 Å². The first-order chi connectivity index (χ1) is 9.49. The molecule has 0 radical (unpaired) electrons. The summed E-state index contributed by atoms with van der Waals surface area (Å²) in [5.41, 5.74) is -2.80. The second kappa shape index (κ2) is 4.75. The normalized spacial score (nSPS) is 20.4. The first-order valence-electron chi connectivity index (χ1n) is 6.45. The Labute approximate surface area is 121 Å². The molecule has 0 aliphatic carbocycles. The van der Waals surface area contributed by atoms with E-state index in [2.05, 4.69) is 0 Å². The van der Waals surface area contributed by atoms with Crippen molar-refractivity contribution in [3.63, 3.8) is 0 Å². The Morgan fingerprint density at radius 2 is 1.62 bits per heavy atom. The molecule has 3 nitrogen and oxygen atoms in total. The van der Waals surface area contributed by atoms with E-state index in [0.717, 1.165) is 6.07 Å². The highest BCUT2D eigenvalue weighted by molar-refractivity contribution is 6.63. The average molecular weight is 297 g/mol. The van der Waals surface area contributed by atoms with E-state index in [1.54, 1.807) is 33.8 Å². The van der Waals surface area contributed by atoms with Crippen molar-refractivity contribution in [1.82, 2.24) is 0 Å². The molecule has 1 heterocycles. The summed E-state index contributed by atoms with van der Waals surface area (Å²) in [6.07, 6.45) is -4.58. The minimum absolute atomic E-state index is 0.0941. The molecule has 1 fully saturated rings. The minimum Gasteiger partial charge on any atom is -0.399 e. The molecule has 0 saturated carbocycles. The number of hydrogen-bond acceptors (Lipinski definition) is 3. The Morgan fingerprint density at radius 3 is 2.05 bits per heavy atom. The van der Waals surface area contributed by atoms with Gasteiger partial charge in [0.25, 0.3) is 0 Å². The first kappa shape index (κ1) is 15.9. The molecule has 0 bridgehead atoms. The molecule has 1 saturated heterocycles. The van der Waals surface area contributed by atoms with Crippen LogP contribution in [-0.4, -0.2) is 18.3 Å². The van der Waals surface area contributed by atoms with Gasteiger partial charge >= 0.3 is 13.3 Å². The minimum atomic E-state index is -4.58. The third-order valence-electron chi connectivity index (χ3n) is 4.02. The summed E-state index contributed by atoms with van der Waals surface area (Å²) in [5, 5.41) is 9.10. The van der Waals surface area contributed by atoms with Gasteiger partial charge in [0.05, 0.1) is 28.4 Å². The van der Waals surface area contributed by atoms with Gasteiger partial charge in [0.15, 0.2) is 0 Å². The van der Waals surface area contributed by atoms with Crippen molar-refractivity contribution in [1.29, 1.82) is 5.26 Å². The third kappa shape index (κ3) is 2.66. The molecule has 112 valence electrons. The zero-order valence-electron chi connectivity index (χ0n) is 12.2. The number of rotatable bonds is 1. The Bertz CT molecular complexity index is 589. The third-order valence-corrected chi connectivity index (χ3v) is 4.02. The number of halogens is 3. The molecule has 0 N–H and O–H groups in total. The Morgan fingerprint density at radius 1 is 1.10 bits per heavy atom. The zero-order valence-corrected chi connectivity index (χ0v) is 12.2. The van der Waals surface area contributed by atoms with Crippen LogP contribution in [0.4, 0.5) is 13.2 Å². The Kier molecular flexibility index (Phi) is 3.59. The molecular weight excluding hydrogens is 282 g/mol. The fourth-order valence-corrected chi connectivity index (χ4v) is 2.12. The molecule has 1 aliphatic rings. The summed E-state index contributed by atoms with van der Waals surface area (Å²) in [7, 11) is -1.22. The van der Waals surface area contributed by atoms with E-state index >= 15 is 0 Å². The van der Waals surface area contributed by atoms with E-state index in [1.807, 2.05) is 0 Å². The van der Waals surface area contributed by atoms with Crippen molar-refractivity contribution in [3.05, 3.63) is 29.3 Å². The van der Waals surface area contributed by atoms with Gasteiger partial charge in [-0.25, -0.2) is 0 Å². The molecule has 7 heteroatoms. The lowest BCUT2D eigenvalue weighted by Gasteiger charge is -2.32. The van der Waals surface area contributed by atoms with Gasteiger partial charge in [0, 0.05) is 5.46 Å². The Hall–Kier alpha value is -1.52. The highest BCUT2D eigenvalue weighted by Gasteiger charge is 2.54. The lowest BCUT2D eigenvalue weighted by atomic mass is 9.73. The SMILES string of the molecule is CC1(C)OB(c2c(C#N)cccc2C(F)(F)F)OC1(C)C. The molecule has 1 aliphatic heterocycles. The summed E-state index contributed by atoms with van der Waals surface area (Å²) in [6, 6.07) is 5.24. The largest absolute Gasteiger partial charge is 0.496 e. The van der Waals surface area contributed by atoms with Gasteiger partial charge in [-0.1, -0.05) is 12.1 Å². The van der Waals surface area contributed by atoms with E-state index in [4.69, 9.17) is 14.6 Å². The highest BCUT2D eigenvalue weighted by atomic mass is 19.4. The second-order valence-corrected chi connectivity index (χ2v) is 5.96. The molecule has 1 aromatic carbocycles. The van der Waals surface area contributed by atoms with Gasteiger partial charge in [-0.3, -0.25) is 0 Å². The maximum absolute atomic E-state index is 13.2. The van der Waals surface area contributed by atoms with Crippen LogP contribution in [0.1, 0.15) is 38.8 Å². The quantitative estimate of drug-likeness (QED) is 0.749. The maximum Gasteiger partial charge on any atom is 0.496 e. The smallest absolute Gasteiger partial charge is 0.399 e. The van der Waals surface area contributed by atoms with Crippen molar-refractivity contribution in [3.8, 4) is 6.07 Å². The van der Waals surface area contributed by atoms with Crippen LogP contribution in [0.25, 0.3) is 0 Å². The number of hydrogen-bond donors (Lipinski definition) is 0. The monoisotopic (exact) mass is 297 g/mol. The summed E-state index contributed by atoms with van der Waals surface area (Å²) >= 11 is 0. The molecule has 0 atom stereocenters. The standard InChI is InChI=1S/C14H15BF3NO2/c1-12(2)13(3,4)21-15(20-12)11-9(8-19)6-5-7-10(11)14(16,17)18/h5-7H,1-4H3. The van der Waals surface area contributed by atoms with Crippen molar-refractivity contribution >= 4 is 12.6 Å². The van der Waals surface area contributed by atoms with Gasteiger partial charge in [-0.05, 0) is 33.8 Å². The van der Waals surface area contributed by atoms with E-state index in [0.29, 0.717) is 0 Å². The van der Waals surface area contributed by atoms with Crippen LogP contribution in [0.2, 0.25) is 0 Å². The average Bonchev–Trinajstić information content (AvgIpc) is 2.56. The second-order valence-electron chi connectivity index (χ2n) is 5.96. The van der Waals surface area contributed by atoms with Gasteiger partial charge in [0.1, 0.15) is 0 Å². The maximum atomic E-state index is 13.2. The van der Waals surface area contributed by atoms with Gasteiger partial charge in [0.2, 0.25) is 0 Å². The summed E-state index contributed by atoms with van der Waals surface area (Å²) in [4.78, 5) is 0. The van der Waals surface area contributed by atoms with Crippen LogP contribution in [-0.2, 0) is 15.5 Å². The van der Waals surface area contributed by atoms with E-state index in [-0.39, 0.29) is 11.0 Å². The van der Waals surface area contributed by atoms with Crippen molar-refractivity contribution < 1.29 is 22.5 Å². The Balaban J connectivity index is 2.58. The first-order valence-corrected chi connectivity index (χ1v) is 6.45. The van der Waals surface area contributed by atoms with Gasteiger partial charge in [-0.2, -0.15) is 18.4 Å². The van der Waals surface area contributed by atoms with Crippen LogP contribution in [0.3, 0.4) is 0 Å². The summed E-state index contributed by atoms with van der Waals surface area (Å²) in [5.74, 6) is 0. The lowest BCUT2D eigenvalue weighted by Crippen LogP contribution is -2.41. The van der Waals surface area contributed by atoms with Gasteiger partial charge < -0.3 is 9.31 Å². The molecule has 21 heavy (non-hydrogen) atoms. The van der Waals surface area contributed by atoms with E-state index in [9.17, 15) is 13.2 Å². The van der Waals surface area contributed by atoms with Crippen molar-refractivity contribution in [2.24, 2.45) is 0 Å². The number of benzene rings is 1. The molecule has 1 aromatic rings. The van der Waals surface area contributed by atoms with Crippen molar-refractivity contribution in [2.75, 3.05) is 0 Å². The number of nitriles is 1. The molecule has 0 unspecified atom stereocenters. The molecule has 0 amide bonds. The van der Waals surface area contributed by atoms with Crippen LogP contribution in [0.5, 0.6) is 0 Å². The molecule has 0 aromatic heterocycles. The lowest BCUT2D eigenvalue weighted by molar-refractivity contribution is -0.136. The molecule has 0 spiro atoms. The number of nitrogens with zero attached hydrogens (tertiary/aromatic N) is 1. The topological polar surface area (TPSA) is 42.2 Å². The van der Waals surface area contributed by atoms with Crippen molar-refractivity contribution in [2.45, 2.75) is 45.1 Å². The fraction of sp³-hybridized carbons (Fsp3) is 0.500. The van der Waals surface area contributed by atoms with Gasteiger partial charge in [-0.15, -0.1) is 0 Å². The van der Waals surface area contributed by atoms with E-state index < -0.39 is 30.1 Å². The fourth-order valence-electron chi connectivity index (χ4n) is 2.12.